The number of hydrogen-bond acceptors (Lipinski definition) is 5. The number of halogens is 2. The molecule has 1 saturated carbocycles. The molecule has 1 aromatic heterocycles. The Morgan fingerprint density at radius 2 is 2.03 bits per heavy atom. The summed E-state index contributed by atoms with van der Waals surface area (Å²) in [5, 5.41) is 13.5. The van der Waals surface area contributed by atoms with E-state index in [2.05, 4.69) is 10.3 Å². The van der Waals surface area contributed by atoms with Crippen LogP contribution >= 0.6 is 23.4 Å². The molecule has 4 rings (SSSR count). The van der Waals surface area contributed by atoms with Crippen LogP contribution in [0.1, 0.15) is 62.5 Å². The molecule has 10 heteroatoms. The highest BCUT2D eigenvalue weighted by atomic mass is 35.5. The van der Waals surface area contributed by atoms with Crippen molar-refractivity contribution in [1.82, 2.24) is 9.88 Å². The molecule has 1 fully saturated rings. The van der Waals surface area contributed by atoms with E-state index >= 15 is 4.39 Å². The predicted octanol–water partition coefficient (Wildman–Crippen LogP) is 6.39. The third-order valence-electron chi connectivity index (χ3n) is 6.45. The van der Waals surface area contributed by atoms with E-state index in [0.717, 1.165) is 19.3 Å². The van der Waals surface area contributed by atoms with Crippen molar-refractivity contribution in [2.24, 2.45) is 10.9 Å². The van der Waals surface area contributed by atoms with Gasteiger partial charge in [0.1, 0.15) is 11.5 Å². The molecule has 0 radical (unpaired) electrons. The lowest BCUT2D eigenvalue weighted by Crippen LogP contribution is -2.52. The molecule has 0 bridgehead atoms. The number of pyridine rings is 1. The Morgan fingerprint density at radius 3 is 2.69 bits per heavy atom. The van der Waals surface area contributed by atoms with Crippen molar-refractivity contribution in [2.75, 3.05) is 11.1 Å². The van der Waals surface area contributed by atoms with Crippen LogP contribution in [0.25, 0.3) is 0 Å². The van der Waals surface area contributed by atoms with Crippen molar-refractivity contribution in [3.63, 3.8) is 0 Å². The van der Waals surface area contributed by atoms with Gasteiger partial charge in [-0.3, -0.25) is 14.7 Å². The number of carboxylic acid groups (broad SMARTS) is 1. The van der Waals surface area contributed by atoms with E-state index in [9.17, 15) is 14.7 Å². The molecule has 2 atom stereocenters. The van der Waals surface area contributed by atoms with Crippen LogP contribution in [-0.2, 0) is 5.54 Å². The second kappa shape index (κ2) is 9.78. The number of carbonyl (C=O) groups is 2. The molecule has 0 saturated heterocycles. The number of carbonyl (C=O) groups excluding carboxylic acids is 1. The SMILES string of the molecule is CC(C)(C)N(C(=O)O)C1=NC2(c3cc(NC(=O)c4ccc(Cl)cn4)ccc3F)CCCCC2CS1. The van der Waals surface area contributed by atoms with Crippen LogP contribution in [0.15, 0.2) is 41.5 Å². The van der Waals surface area contributed by atoms with Gasteiger partial charge < -0.3 is 10.4 Å². The number of rotatable bonds is 3. The molecule has 2 aliphatic rings. The van der Waals surface area contributed by atoms with E-state index in [1.165, 1.54) is 41.1 Å². The number of thioether (sulfide) groups is 1. The lowest BCUT2D eigenvalue weighted by atomic mass is 9.69. The lowest BCUT2D eigenvalue weighted by Gasteiger charge is -2.47. The molecule has 1 aromatic carbocycles. The zero-order chi connectivity index (χ0) is 25.4. The van der Waals surface area contributed by atoms with Crippen LogP contribution in [0.4, 0.5) is 14.9 Å². The van der Waals surface area contributed by atoms with Crippen LogP contribution in [-0.4, -0.2) is 43.5 Å². The zero-order valence-corrected chi connectivity index (χ0v) is 21.4. The standard InChI is InChI=1S/C25H28ClFN4O3S/c1-24(2,3)31(23(33)34)22-30-25(11-5-4-6-15(25)14-35-22)18-12-17(8-9-19(18)27)29-21(32)20-10-7-16(26)13-28-20/h7-10,12-13,15H,4-6,11,14H2,1-3H3,(H,29,32)(H,33,34). The Bertz CT molecular complexity index is 1170. The van der Waals surface area contributed by atoms with E-state index in [1.54, 1.807) is 12.1 Å². The highest BCUT2D eigenvalue weighted by molar-refractivity contribution is 8.13. The topological polar surface area (TPSA) is 94.9 Å². The van der Waals surface area contributed by atoms with Gasteiger partial charge in [0.05, 0.1) is 10.6 Å². The maximum absolute atomic E-state index is 15.4. The number of benzene rings is 1. The van der Waals surface area contributed by atoms with Gasteiger partial charge in [0.15, 0.2) is 5.17 Å². The fraction of sp³-hybridized carbons (Fsp3) is 0.440. The Hall–Kier alpha value is -2.65. The van der Waals surface area contributed by atoms with Crippen molar-refractivity contribution >= 4 is 46.2 Å². The predicted molar refractivity (Wildman–Crippen MR) is 137 cm³/mol. The number of fused-ring (bicyclic) bond motifs is 1. The van der Waals surface area contributed by atoms with Crippen LogP contribution in [0.3, 0.4) is 0 Å². The first-order chi connectivity index (χ1) is 16.5. The van der Waals surface area contributed by atoms with Crippen molar-refractivity contribution in [2.45, 2.75) is 57.5 Å². The van der Waals surface area contributed by atoms with Crippen LogP contribution in [0, 0.1) is 11.7 Å². The summed E-state index contributed by atoms with van der Waals surface area (Å²) < 4.78 is 15.4. The molecule has 0 spiro atoms. The molecule has 2 unspecified atom stereocenters. The van der Waals surface area contributed by atoms with Gasteiger partial charge in [-0.1, -0.05) is 36.2 Å². The highest BCUT2D eigenvalue weighted by Gasteiger charge is 2.48. The minimum absolute atomic E-state index is 0.0546. The third kappa shape index (κ3) is 5.16. The van der Waals surface area contributed by atoms with E-state index in [0.29, 0.717) is 33.6 Å². The largest absolute Gasteiger partial charge is 0.465 e. The van der Waals surface area contributed by atoms with Gasteiger partial charge in [0.25, 0.3) is 5.91 Å². The third-order valence-corrected chi connectivity index (χ3v) is 7.77. The quantitative estimate of drug-likeness (QED) is 0.490. The number of nitrogens with zero attached hydrogens (tertiary/aromatic N) is 3. The summed E-state index contributed by atoms with van der Waals surface area (Å²) in [5.41, 5.74) is -0.629. The van der Waals surface area contributed by atoms with Crippen molar-refractivity contribution in [1.29, 1.82) is 0 Å². The summed E-state index contributed by atoms with van der Waals surface area (Å²) >= 11 is 7.26. The highest BCUT2D eigenvalue weighted by Crippen LogP contribution is 2.51. The molecule has 35 heavy (non-hydrogen) atoms. The van der Waals surface area contributed by atoms with Gasteiger partial charge >= 0.3 is 6.09 Å². The Balaban J connectivity index is 1.75. The number of amidine groups is 1. The molecule has 2 N–H and O–H groups in total. The smallest absolute Gasteiger partial charge is 0.413 e. The first kappa shape index (κ1) is 25.4. The molecular formula is C25H28ClFN4O3S. The Labute approximate surface area is 213 Å². The summed E-state index contributed by atoms with van der Waals surface area (Å²) in [6.07, 6.45) is 3.64. The summed E-state index contributed by atoms with van der Waals surface area (Å²) in [6.45, 7) is 5.43. The van der Waals surface area contributed by atoms with Crippen LogP contribution in [0.2, 0.25) is 5.02 Å². The minimum Gasteiger partial charge on any atom is -0.465 e. The second-order valence-electron chi connectivity index (χ2n) is 9.87. The van der Waals surface area contributed by atoms with E-state index < -0.39 is 28.9 Å². The molecular weight excluding hydrogens is 491 g/mol. The zero-order valence-electron chi connectivity index (χ0n) is 19.8. The molecule has 186 valence electrons. The first-order valence-electron chi connectivity index (χ1n) is 11.5. The molecule has 1 aliphatic heterocycles. The van der Waals surface area contributed by atoms with E-state index in [-0.39, 0.29) is 11.6 Å². The number of anilines is 1. The number of aliphatic imine (C=N–C) groups is 1. The van der Waals surface area contributed by atoms with Gasteiger partial charge in [-0.05, 0) is 69.9 Å². The van der Waals surface area contributed by atoms with Crippen molar-refractivity contribution in [3.05, 3.63) is 58.6 Å². The first-order valence-corrected chi connectivity index (χ1v) is 12.9. The van der Waals surface area contributed by atoms with Crippen molar-refractivity contribution < 1.29 is 19.1 Å². The van der Waals surface area contributed by atoms with E-state index in [4.69, 9.17) is 16.6 Å². The molecule has 7 nitrogen and oxygen atoms in total. The Morgan fingerprint density at radius 1 is 1.26 bits per heavy atom. The summed E-state index contributed by atoms with van der Waals surface area (Å²) in [7, 11) is 0. The maximum atomic E-state index is 15.4. The summed E-state index contributed by atoms with van der Waals surface area (Å²) in [6, 6.07) is 7.55. The van der Waals surface area contributed by atoms with Gasteiger partial charge in [-0.15, -0.1) is 0 Å². The normalized spacial score (nSPS) is 22.1. The molecule has 1 aliphatic carbocycles. The average Bonchev–Trinajstić information content (AvgIpc) is 2.79. The summed E-state index contributed by atoms with van der Waals surface area (Å²) in [4.78, 5) is 35.1. The second-order valence-corrected chi connectivity index (χ2v) is 11.3. The van der Waals surface area contributed by atoms with Gasteiger partial charge in [0.2, 0.25) is 0 Å². The summed E-state index contributed by atoms with van der Waals surface area (Å²) in [5.74, 6) is -0.167. The van der Waals surface area contributed by atoms with Crippen LogP contribution in [0.5, 0.6) is 0 Å². The number of hydrogen-bond donors (Lipinski definition) is 2. The number of aromatic nitrogens is 1. The fourth-order valence-corrected chi connectivity index (χ4v) is 6.41. The monoisotopic (exact) mass is 518 g/mol. The molecule has 2 heterocycles. The maximum Gasteiger partial charge on any atom is 0.413 e. The van der Waals surface area contributed by atoms with Gasteiger partial charge in [-0.25, -0.2) is 14.2 Å². The minimum atomic E-state index is -1.09. The number of amides is 2. The van der Waals surface area contributed by atoms with Gasteiger partial charge in [-0.2, -0.15) is 0 Å². The van der Waals surface area contributed by atoms with E-state index in [1.807, 2.05) is 20.8 Å². The Kier molecular flexibility index (Phi) is 7.11. The molecule has 2 aromatic rings. The van der Waals surface area contributed by atoms with Crippen molar-refractivity contribution in [3.8, 4) is 0 Å². The lowest BCUT2D eigenvalue weighted by molar-refractivity contribution is 0.102. The molecule has 2 amide bonds. The average molecular weight is 519 g/mol. The number of nitrogens with one attached hydrogen (secondary N) is 1. The fourth-order valence-electron chi connectivity index (χ4n) is 4.80. The van der Waals surface area contributed by atoms with Gasteiger partial charge in [0, 0.05) is 28.7 Å². The van der Waals surface area contributed by atoms with Crippen LogP contribution < -0.4 is 5.32 Å².